The van der Waals surface area contributed by atoms with E-state index >= 15 is 0 Å². The van der Waals surface area contributed by atoms with E-state index in [-0.39, 0.29) is 29.4 Å². The van der Waals surface area contributed by atoms with E-state index in [1.165, 1.54) is 0 Å². The highest BCUT2D eigenvalue weighted by Gasteiger charge is 2.16. The third-order valence-electron chi connectivity index (χ3n) is 2.69. The van der Waals surface area contributed by atoms with Crippen molar-refractivity contribution in [1.82, 2.24) is 5.32 Å². The van der Waals surface area contributed by atoms with Crippen LogP contribution in [0.1, 0.15) is 40.5 Å². The summed E-state index contributed by atoms with van der Waals surface area (Å²) in [4.78, 5) is 4.37. The molecule has 18 heavy (non-hydrogen) atoms. The lowest BCUT2D eigenvalue weighted by molar-refractivity contribution is 0.155. The van der Waals surface area contributed by atoms with E-state index in [4.69, 9.17) is 10.5 Å². The van der Waals surface area contributed by atoms with E-state index in [1.807, 2.05) is 0 Å². The molecule has 0 radical (unpaired) electrons. The van der Waals surface area contributed by atoms with Crippen molar-refractivity contribution in [2.75, 3.05) is 26.8 Å². The standard InChI is InChI=1S/C13H29N3O.HI/c1-11(2)6-8-15-12(14)16-10-13(3,4)7-9-17-5;/h11H,6-10H2,1-5H3,(H3,14,15,16);1H. The molecule has 0 aliphatic carbocycles. The summed E-state index contributed by atoms with van der Waals surface area (Å²) >= 11 is 0. The third kappa shape index (κ3) is 12.4. The average molecular weight is 371 g/mol. The van der Waals surface area contributed by atoms with Crippen LogP contribution < -0.4 is 11.1 Å². The Hall–Kier alpha value is -0.0400. The number of halogens is 1. The molecular weight excluding hydrogens is 341 g/mol. The highest BCUT2D eigenvalue weighted by molar-refractivity contribution is 14.0. The van der Waals surface area contributed by atoms with Crippen molar-refractivity contribution in [2.45, 2.75) is 40.5 Å². The predicted octanol–water partition coefficient (Wildman–Crippen LogP) is 2.62. The summed E-state index contributed by atoms with van der Waals surface area (Å²) in [5.74, 6) is 1.24. The monoisotopic (exact) mass is 371 g/mol. The van der Waals surface area contributed by atoms with E-state index in [0.29, 0.717) is 11.9 Å². The van der Waals surface area contributed by atoms with Gasteiger partial charge in [0.25, 0.3) is 0 Å². The van der Waals surface area contributed by atoms with Crippen LogP contribution in [0.25, 0.3) is 0 Å². The zero-order valence-corrected chi connectivity index (χ0v) is 14.8. The van der Waals surface area contributed by atoms with E-state index < -0.39 is 0 Å². The maximum atomic E-state index is 5.80. The van der Waals surface area contributed by atoms with Gasteiger partial charge in [0, 0.05) is 26.8 Å². The Labute approximate surface area is 129 Å². The summed E-state index contributed by atoms with van der Waals surface area (Å²) in [6.07, 6.45) is 2.11. The minimum atomic E-state index is 0. The SMILES string of the molecule is COCCC(C)(C)CN=C(N)NCCC(C)C.I. The summed E-state index contributed by atoms with van der Waals surface area (Å²) in [6, 6.07) is 0. The summed E-state index contributed by atoms with van der Waals surface area (Å²) < 4.78 is 5.08. The number of nitrogens with one attached hydrogen (secondary N) is 1. The van der Waals surface area contributed by atoms with E-state index in [2.05, 4.69) is 38.0 Å². The first kappa shape index (κ1) is 20.3. The summed E-state index contributed by atoms with van der Waals surface area (Å²) in [5.41, 5.74) is 5.94. The van der Waals surface area contributed by atoms with Crippen LogP contribution in [-0.4, -0.2) is 32.8 Å². The van der Waals surface area contributed by atoms with Crippen molar-refractivity contribution in [2.24, 2.45) is 22.1 Å². The molecule has 0 heterocycles. The lowest BCUT2D eigenvalue weighted by Gasteiger charge is -2.22. The Morgan fingerprint density at radius 2 is 2.00 bits per heavy atom. The fraction of sp³-hybridized carbons (Fsp3) is 0.923. The number of guanidine groups is 1. The lowest BCUT2D eigenvalue weighted by atomic mass is 9.90. The largest absolute Gasteiger partial charge is 0.385 e. The van der Waals surface area contributed by atoms with E-state index in [0.717, 1.165) is 32.5 Å². The third-order valence-corrected chi connectivity index (χ3v) is 2.69. The van der Waals surface area contributed by atoms with Gasteiger partial charge in [-0.25, -0.2) is 0 Å². The van der Waals surface area contributed by atoms with Crippen molar-refractivity contribution in [3.63, 3.8) is 0 Å². The molecule has 0 aliphatic heterocycles. The van der Waals surface area contributed by atoms with Gasteiger partial charge < -0.3 is 15.8 Å². The molecule has 0 aromatic carbocycles. The topological polar surface area (TPSA) is 59.6 Å². The average Bonchev–Trinajstić information content (AvgIpc) is 2.23. The zero-order valence-electron chi connectivity index (χ0n) is 12.5. The van der Waals surface area contributed by atoms with Crippen LogP contribution >= 0.6 is 24.0 Å². The van der Waals surface area contributed by atoms with Crippen LogP contribution in [0.15, 0.2) is 4.99 Å². The summed E-state index contributed by atoms with van der Waals surface area (Å²) in [7, 11) is 1.72. The van der Waals surface area contributed by atoms with Crippen molar-refractivity contribution < 1.29 is 4.74 Å². The second kappa shape index (κ2) is 10.8. The van der Waals surface area contributed by atoms with Gasteiger partial charge in [0.2, 0.25) is 0 Å². The molecule has 0 fully saturated rings. The molecule has 3 N–H and O–H groups in total. The first-order valence-electron chi connectivity index (χ1n) is 6.40. The molecule has 0 atom stereocenters. The van der Waals surface area contributed by atoms with Gasteiger partial charge in [0.15, 0.2) is 5.96 Å². The Morgan fingerprint density at radius 1 is 1.39 bits per heavy atom. The molecule has 0 saturated carbocycles. The van der Waals surface area contributed by atoms with Gasteiger partial charge in [-0.2, -0.15) is 0 Å². The highest BCUT2D eigenvalue weighted by atomic mass is 127. The van der Waals surface area contributed by atoms with Gasteiger partial charge in [0.1, 0.15) is 0 Å². The maximum Gasteiger partial charge on any atom is 0.188 e. The molecule has 4 nitrogen and oxygen atoms in total. The first-order chi connectivity index (χ1) is 7.87. The second-order valence-electron chi connectivity index (χ2n) is 5.72. The number of aliphatic imine (C=N–C) groups is 1. The number of nitrogens with two attached hydrogens (primary N) is 1. The Bertz CT molecular complexity index is 230. The second-order valence-corrected chi connectivity index (χ2v) is 5.72. The molecule has 0 amide bonds. The highest BCUT2D eigenvalue weighted by Crippen LogP contribution is 2.20. The molecule has 0 aromatic heterocycles. The van der Waals surface area contributed by atoms with E-state index in [9.17, 15) is 0 Å². The van der Waals surface area contributed by atoms with Gasteiger partial charge in [0.05, 0.1) is 0 Å². The molecule has 0 unspecified atom stereocenters. The molecule has 0 saturated heterocycles. The van der Waals surface area contributed by atoms with Crippen LogP contribution in [-0.2, 0) is 4.74 Å². The van der Waals surface area contributed by atoms with Crippen LogP contribution in [0, 0.1) is 11.3 Å². The number of rotatable bonds is 8. The van der Waals surface area contributed by atoms with Crippen molar-refractivity contribution >= 4 is 29.9 Å². The van der Waals surface area contributed by atoms with Crippen LogP contribution in [0.2, 0.25) is 0 Å². The summed E-state index contributed by atoms with van der Waals surface area (Å²) in [6.45, 7) is 11.1. The minimum Gasteiger partial charge on any atom is -0.385 e. The van der Waals surface area contributed by atoms with Gasteiger partial charge in [-0.05, 0) is 24.2 Å². The van der Waals surface area contributed by atoms with Crippen molar-refractivity contribution in [3.05, 3.63) is 0 Å². The van der Waals surface area contributed by atoms with E-state index in [1.54, 1.807) is 7.11 Å². The van der Waals surface area contributed by atoms with Crippen LogP contribution in [0.3, 0.4) is 0 Å². The fourth-order valence-electron chi connectivity index (χ4n) is 1.30. The number of nitrogens with zero attached hydrogens (tertiary/aromatic N) is 1. The Balaban J connectivity index is 0. The molecule has 0 aromatic rings. The van der Waals surface area contributed by atoms with Gasteiger partial charge in [-0.1, -0.05) is 27.7 Å². The number of methoxy groups -OCH3 is 1. The first-order valence-corrected chi connectivity index (χ1v) is 6.40. The number of hydrogen-bond acceptors (Lipinski definition) is 2. The lowest BCUT2D eigenvalue weighted by Crippen LogP contribution is -2.34. The zero-order chi connectivity index (χ0) is 13.3. The maximum absolute atomic E-state index is 5.80. The predicted molar refractivity (Wildman–Crippen MR) is 89.6 cm³/mol. The van der Waals surface area contributed by atoms with Gasteiger partial charge in [-0.3, -0.25) is 4.99 Å². The minimum absolute atomic E-state index is 0. The molecule has 0 bridgehead atoms. The van der Waals surface area contributed by atoms with Crippen LogP contribution in [0.5, 0.6) is 0 Å². The normalized spacial score (nSPS) is 12.4. The van der Waals surface area contributed by atoms with Crippen molar-refractivity contribution in [1.29, 1.82) is 0 Å². The Kier molecular flexibility index (Phi) is 12.2. The fourth-order valence-corrected chi connectivity index (χ4v) is 1.30. The molecule has 5 heteroatoms. The Morgan fingerprint density at radius 3 is 2.50 bits per heavy atom. The smallest absolute Gasteiger partial charge is 0.188 e. The quantitative estimate of drug-likeness (QED) is 0.392. The van der Waals surface area contributed by atoms with Gasteiger partial charge in [-0.15, -0.1) is 24.0 Å². The number of ether oxygens (including phenoxy) is 1. The number of hydrogen-bond donors (Lipinski definition) is 2. The molecule has 0 aliphatic rings. The molecule has 110 valence electrons. The summed E-state index contributed by atoms with van der Waals surface area (Å²) in [5, 5.41) is 3.14. The molecule has 0 spiro atoms. The van der Waals surface area contributed by atoms with Gasteiger partial charge >= 0.3 is 0 Å². The molecule has 0 rings (SSSR count). The van der Waals surface area contributed by atoms with Crippen molar-refractivity contribution in [3.8, 4) is 0 Å². The molecular formula is C13H30IN3O. The van der Waals surface area contributed by atoms with Crippen LogP contribution in [0.4, 0.5) is 0 Å².